The van der Waals surface area contributed by atoms with Crippen molar-refractivity contribution in [3.8, 4) is 0 Å². The summed E-state index contributed by atoms with van der Waals surface area (Å²) >= 11 is 0. The first-order chi connectivity index (χ1) is 7.50. The summed E-state index contributed by atoms with van der Waals surface area (Å²) in [5.74, 6) is -0.333. The zero-order chi connectivity index (χ0) is 12.1. The molecule has 0 bridgehead atoms. The van der Waals surface area contributed by atoms with Crippen LogP contribution < -0.4 is 5.32 Å². The van der Waals surface area contributed by atoms with Crippen LogP contribution in [0.25, 0.3) is 0 Å². The average Bonchev–Trinajstić information content (AvgIpc) is 2.16. The molecule has 0 saturated heterocycles. The zero-order valence-corrected chi connectivity index (χ0v) is 9.66. The van der Waals surface area contributed by atoms with Crippen LogP contribution >= 0.6 is 0 Å². The lowest BCUT2D eigenvalue weighted by atomic mass is 10.1. The van der Waals surface area contributed by atoms with Crippen LogP contribution in [-0.2, 0) is 4.74 Å². The third-order valence-electron chi connectivity index (χ3n) is 2.05. The summed E-state index contributed by atoms with van der Waals surface area (Å²) in [4.78, 5) is 11.3. The highest BCUT2D eigenvalue weighted by molar-refractivity contribution is 5.68. The smallest absolute Gasteiger partial charge is 0.407 e. The van der Waals surface area contributed by atoms with Gasteiger partial charge in [0.05, 0.1) is 12.1 Å². The van der Waals surface area contributed by atoms with Crippen molar-refractivity contribution < 1.29 is 13.9 Å². The second-order valence-electron chi connectivity index (χ2n) is 3.84. The van der Waals surface area contributed by atoms with Gasteiger partial charge in [0.2, 0.25) is 0 Å². The molecule has 1 amide bonds. The average molecular weight is 225 g/mol. The van der Waals surface area contributed by atoms with Crippen molar-refractivity contribution in [2.45, 2.75) is 32.9 Å². The van der Waals surface area contributed by atoms with Gasteiger partial charge in [0.25, 0.3) is 0 Å². The Labute approximate surface area is 94.6 Å². The van der Waals surface area contributed by atoms with E-state index in [2.05, 4.69) is 5.32 Å². The van der Waals surface area contributed by atoms with Gasteiger partial charge in [0.15, 0.2) is 0 Å². The number of carbonyl (C=O) groups is 1. The molecule has 1 unspecified atom stereocenters. The first kappa shape index (κ1) is 12.5. The number of rotatable bonds is 3. The number of ether oxygens (including phenoxy) is 1. The van der Waals surface area contributed by atoms with Crippen LogP contribution in [0.1, 0.15) is 32.4 Å². The van der Waals surface area contributed by atoms with Gasteiger partial charge in [0.1, 0.15) is 5.82 Å². The van der Waals surface area contributed by atoms with Gasteiger partial charge in [-0.2, -0.15) is 0 Å². The summed E-state index contributed by atoms with van der Waals surface area (Å²) in [5.41, 5.74) is 0.447. The third kappa shape index (κ3) is 3.53. The second kappa shape index (κ2) is 5.49. The number of hydrogen-bond donors (Lipinski definition) is 1. The van der Waals surface area contributed by atoms with Gasteiger partial charge in [-0.1, -0.05) is 18.2 Å². The maximum absolute atomic E-state index is 13.4. The monoisotopic (exact) mass is 225 g/mol. The summed E-state index contributed by atoms with van der Waals surface area (Å²) in [5, 5.41) is 2.57. The second-order valence-corrected chi connectivity index (χ2v) is 3.84. The number of benzene rings is 1. The maximum atomic E-state index is 13.4. The molecule has 1 N–H and O–H groups in total. The van der Waals surface area contributed by atoms with Gasteiger partial charge in [0, 0.05) is 5.56 Å². The molecular formula is C12H16FNO2. The molecule has 4 heteroatoms. The fourth-order valence-corrected chi connectivity index (χ4v) is 1.33. The molecule has 0 fully saturated rings. The Bertz CT molecular complexity index is 366. The van der Waals surface area contributed by atoms with Crippen LogP contribution in [0.5, 0.6) is 0 Å². The molecular weight excluding hydrogens is 209 g/mol. The predicted octanol–water partition coefficient (Wildman–Crippen LogP) is 3.02. The van der Waals surface area contributed by atoms with Crippen molar-refractivity contribution in [1.29, 1.82) is 0 Å². The molecule has 0 aromatic heterocycles. The summed E-state index contributed by atoms with van der Waals surface area (Å²) in [6, 6.07) is 5.92. The molecule has 1 aromatic rings. The lowest BCUT2D eigenvalue weighted by Gasteiger charge is -2.16. The fourth-order valence-electron chi connectivity index (χ4n) is 1.33. The minimum absolute atomic E-state index is 0.187. The van der Waals surface area contributed by atoms with Gasteiger partial charge < -0.3 is 10.1 Å². The standard InChI is InChI=1S/C12H16FNO2/c1-8(2)16-12(15)14-9(3)10-6-4-5-7-11(10)13/h4-9H,1-3H3,(H,14,15). The van der Waals surface area contributed by atoms with Gasteiger partial charge >= 0.3 is 6.09 Å². The van der Waals surface area contributed by atoms with Crippen LogP contribution in [0.4, 0.5) is 9.18 Å². The lowest BCUT2D eigenvalue weighted by Crippen LogP contribution is -2.29. The Morgan fingerprint density at radius 3 is 2.50 bits per heavy atom. The minimum Gasteiger partial charge on any atom is -0.447 e. The Balaban J connectivity index is 2.62. The molecule has 1 aromatic carbocycles. The topological polar surface area (TPSA) is 38.3 Å². The summed E-state index contributed by atoms with van der Waals surface area (Å²) in [6.07, 6.45) is -0.724. The van der Waals surface area contributed by atoms with Crippen LogP contribution in [0, 0.1) is 5.82 Å². The number of nitrogens with one attached hydrogen (secondary N) is 1. The SMILES string of the molecule is CC(C)OC(=O)NC(C)c1ccccc1F. The van der Waals surface area contributed by atoms with E-state index in [1.807, 2.05) is 0 Å². The molecule has 1 rings (SSSR count). The maximum Gasteiger partial charge on any atom is 0.407 e. The highest BCUT2D eigenvalue weighted by Gasteiger charge is 2.14. The molecule has 3 nitrogen and oxygen atoms in total. The Hall–Kier alpha value is -1.58. The van der Waals surface area contributed by atoms with E-state index in [9.17, 15) is 9.18 Å². The summed E-state index contributed by atoms with van der Waals surface area (Å²) in [7, 11) is 0. The van der Waals surface area contributed by atoms with Crippen molar-refractivity contribution in [3.63, 3.8) is 0 Å². The Kier molecular flexibility index (Phi) is 4.28. The number of amides is 1. The van der Waals surface area contributed by atoms with Crippen LogP contribution in [0.2, 0.25) is 0 Å². The predicted molar refractivity (Wildman–Crippen MR) is 59.6 cm³/mol. The van der Waals surface area contributed by atoms with Crippen molar-refractivity contribution in [2.24, 2.45) is 0 Å². The van der Waals surface area contributed by atoms with E-state index in [1.165, 1.54) is 6.07 Å². The highest BCUT2D eigenvalue weighted by Crippen LogP contribution is 2.15. The van der Waals surface area contributed by atoms with E-state index < -0.39 is 12.1 Å². The fraction of sp³-hybridized carbons (Fsp3) is 0.417. The molecule has 0 spiro atoms. The van der Waals surface area contributed by atoms with Crippen molar-refractivity contribution >= 4 is 6.09 Å². The van der Waals surface area contributed by atoms with Crippen LogP contribution in [0.15, 0.2) is 24.3 Å². The van der Waals surface area contributed by atoms with Crippen LogP contribution in [0.3, 0.4) is 0 Å². The summed E-state index contributed by atoms with van der Waals surface area (Å²) in [6.45, 7) is 5.22. The number of halogens is 1. The van der Waals surface area contributed by atoms with E-state index in [0.717, 1.165) is 0 Å². The van der Waals surface area contributed by atoms with Gasteiger partial charge in [-0.05, 0) is 26.8 Å². The first-order valence-corrected chi connectivity index (χ1v) is 5.22. The number of alkyl carbamates (subject to hydrolysis) is 1. The molecule has 0 aliphatic heterocycles. The molecule has 88 valence electrons. The Morgan fingerprint density at radius 2 is 1.94 bits per heavy atom. The van der Waals surface area contributed by atoms with E-state index in [4.69, 9.17) is 4.74 Å². The van der Waals surface area contributed by atoms with Gasteiger partial charge in [-0.25, -0.2) is 9.18 Å². The zero-order valence-electron chi connectivity index (χ0n) is 9.66. The quantitative estimate of drug-likeness (QED) is 0.858. The van der Waals surface area contributed by atoms with Crippen LogP contribution in [-0.4, -0.2) is 12.2 Å². The molecule has 0 radical (unpaired) electrons. The molecule has 0 aliphatic rings. The third-order valence-corrected chi connectivity index (χ3v) is 2.05. The molecule has 16 heavy (non-hydrogen) atoms. The number of carbonyl (C=O) groups excluding carboxylic acids is 1. The van der Waals surface area contributed by atoms with Crippen molar-refractivity contribution in [2.75, 3.05) is 0 Å². The summed E-state index contributed by atoms with van der Waals surface area (Å²) < 4.78 is 18.3. The molecule has 0 heterocycles. The van der Waals surface area contributed by atoms with Crippen molar-refractivity contribution in [3.05, 3.63) is 35.6 Å². The van der Waals surface area contributed by atoms with E-state index in [1.54, 1.807) is 39.0 Å². The molecule has 0 aliphatic carbocycles. The van der Waals surface area contributed by atoms with E-state index >= 15 is 0 Å². The lowest BCUT2D eigenvalue weighted by molar-refractivity contribution is 0.112. The molecule has 0 saturated carbocycles. The van der Waals surface area contributed by atoms with Gasteiger partial charge in [-0.15, -0.1) is 0 Å². The van der Waals surface area contributed by atoms with E-state index in [0.29, 0.717) is 5.56 Å². The van der Waals surface area contributed by atoms with Crippen molar-refractivity contribution in [1.82, 2.24) is 5.32 Å². The van der Waals surface area contributed by atoms with Gasteiger partial charge in [-0.3, -0.25) is 0 Å². The largest absolute Gasteiger partial charge is 0.447 e. The normalized spacial score (nSPS) is 12.3. The highest BCUT2D eigenvalue weighted by atomic mass is 19.1. The van der Waals surface area contributed by atoms with E-state index in [-0.39, 0.29) is 11.9 Å². The Morgan fingerprint density at radius 1 is 1.31 bits per heavy atom. The first-order valence-electron chi connectivity index (χ1n) is 5.22. The number of hydrogen-bond acceptors (Lipinski definition) is 2. The minimum atomic E-state index is -0.536. The molecule has 1 atom stereocenters.